The summed E-state index contributed by atoms with van der Waals surface area (Å²) in [5.41, 5.74) is 2.61. The Morgan fingerprint density at radius 3 is 2.82 bits per heavy atom. The van der Waals surface area contributed by atoms with Gasteiger partial charge in [0.1, 0.15) is 0 Å². The van der Waals surface area contributed by atoms with Crippen molar-refractivity contribution < 1.29 is 18.9 Å². The Labute approximate surface area is 79.4 Å². The molecule has 1 nitrogen and oxygen atoms in total. The molecule has 1 aromatic carbocycles. The average Bonchev–Trinajstić information content (AvgIpc) is 2.05. The van der Waals surface area contributed by atoms with Crippen LogP contribution >= 0.6 is 0 Å². The first-order chi connectivity index (χ1) is 4.97. The van der Waals surface area contributed by atoms with Crippen LogP contribution in [0.5, 0.6) is 0 Å². The third-order valence-corrected chi connectivity index (χ3v) is 1.88. The normalized spacial score (nSPS) is 14.2. The minimum atomic E-state index is 0. The van der Waals surface area contributed by atoms with Gasteiger partial charge >= 0.3 is 18.9 Å². The average molecular weight is 139 g/mol. The first-order valence-electron chi connectivity index (χ1n) is 3.72. The molecule has 0 saturated carbocycles. The van der Waals surface area contributed by atoms with Crippen molar-refractivity contribution in [1.29, 1.82) is 0 Å². The van der Waals surface area contributed by atoms with Crippen LogP contribution in [-0.2, 0) is 6.42 Å². The summed E-state index contributed by atoms with van der Waals surface area (Å²) < 4.78 is 0. The molecule has 0 atom stereocenters. The van der Waals surface area contributed by atoms with E-state index in [1.807, 2.05) is 6.07 Å². The van der Waals surface area contributed by atoms with Gasteiger partial charge in [0, 0.05) is 0 Å². The van der Waals surface area contributed by atoms with Crippen LogP contribution in [0.2, 0.25) is 0 Å². The van der Waals surface area contributed by atoms with E-state index in [1.165, 1.54) is 24.1 Å². The maximum Gasteiger partial charge on any atom is 1.00 e. The Kier molecular flexibility index (Phi) is 3.05. The Hall–Kier alpha value is -0.383. The third-order valence-electron chi connectivity index (χ3n) is 1.88. The van der Waals surface area contributed by atoms with Crippen molar-refractivity contribution in [3.8, 4) is 0 Å². The number of nitrogens with zero attached hydrogens (tertiary/aromatic N) is 1. The second-order valence-electron chi connectivity index (χ2n) is 2.61. The van der Waals surface area contributed by atoms with Gasteiger partial charge < -0.3 is 5.32 Å². The number of benzene rings is 1. The maximum absolute atomic E-state index is 4.39. The zero-order chi connectivity index (χ0) is 6.81. The molecule has 1 aliphatic heterocycles. The summed E-state index contributed by atoms with van der Waals surface area (Å²) in [6.07, 6.45) is 2.43. The van der Waals surface area contributed by atoms with Gasteiger partial charge in [0.2, 0.25) is 0 Å². The van der Waals surface area contributed by atoms with Crippen LogP contribution in [0.3, 0.4) is 0 Å². The van der Waals surface area contributed by atoms with Crippen molar-refractivity contribution in [2.45, 2.75) is 12.8 Å². The topological polar surface area (TPSA) is 14.1 Å². The number of hydrogen-bond donors (Lipinski definition) is 0. The first kappa shape index (κ1) is 8.71. The van der Waals surface area contributed by atoms with Gasteiger partial charge in [0.05, 0.1) is 0 Å². The van der Waals surface area contributed by atoms with E-state index in [4.69, 9.17) is 0 Å². The Balaban J connectivity index is 0.000000605. The SMILES string of the molecule is [Li+].c1ccc2c(c1)CCC[N-]2. The summed E-state index contributed by atoms with van der Waals surface area (Å²) in [5, 5.41) is 4.39. The first-order valence-corrected chi connectivity index (χ1v) is 3.72. The molecule has 2 heteroatoms. The van der Waals surface area contributed by atoms with Gasteiger partial charge in [-0.1, -0.05) is 36.2 Å². The molecule has 0 saturated heterocycles. The molecular formula is C9H10LiN. The molecule has 0 unspecified atom stereocenters. The molecule has 0 bridgehead atoms. The molecule has 1 aliphatic rings. The van der Waals surface area contributed by atoms with Gasteiger partial charge in [-0.3, -0.25) is 0 Å². The zero-order valence-electron chi connectivity index (χ0n) is 6.88. The predicted molar refractivity (Wildman–Crippen MR) is 42.6 cm³/mol. The molecule has 0 spiro atoms. The minimum absolute atomic E-state index is 0. The van der Waals surface area contributed by atoms with Crippen molar-refractivity contribution >= 4 is 5.69 Å². The Morgan fingerprint density at radius 2 is 2.00 bits per heavy atom. The van der Waals surface area contributed by atoms with E-state index >= 15 is 0 Å². The van der Waals surface area contributed by atoms with Gasteiger partial charge in [0.15, 0.2) is 0 Å². The quantitative estimate of drug-likeness (QED) is 0.436. The molecule has 2 rings (SSSR count). The van der Waals surface area contributed by atoms with Crippen LogP contribution in [0.4, 0.5) is 5.69 Å². The van der Waals surface area contributed by atoms with Gasteiger partial charge in [-0.15, -0.1) is 12.2 Å². The fourth-order valence-electron chi connectivity index (χ4n) is 1.35. The van der Waals surface area contributed by atoms with E-state index in [1.54, 1.807) is 0 Å². The second kappa shape index (κ2) is 3.85. The van der Waals surface area contributed by atoms with Crippen LogP contribution < -0.4 is 18.9 Å². The molecule has 0 radical (unpaired) electrons. The molecule has 0 aliphatic carbocycles. The van der Waals surface area contributed by atoms with Crippen molar-refractivity contribution in [3.05, 3.63) is 35.1 Å². The molecule has 0 fully saturated rings. The van der Waals surface area contributed by atoms with Crippen molar-refractivity contribution in [1.82, 2.24) is 0 Å². The minimum Gasteiger partial charge on any atom is -0.684 e. The molecular weight excluding hydrogens is 129 g/mol. The molecule has 1 aromatic rings. The fourth-order valence-corrected chi connectivity index (χ4v) is 1.35. The number of hydrogen-bond acceptors (Lipinski definition) is 0. The van der Waals surface area contributed by atoms with E-state index in [2.05, 4.69) is 23.5 Å². The van der Waals surface area contributed by atoms with Crippen molar-refractivity contribution in [2.24, 2.45) is 0 Å². The van der Waals surface area contributed by atoms with Crippen LogP contribution in [-0.4, -0.2) is 6.54 Å². The van der Waals surface area contributed by atoms with Gasteiger partial charge in [0.25, 0.3) is 0 Å². The van der Waals surface area contributed by atoms with E-state index in [-0.39, 0.29) is 18.9 Å². The van der Waals surface area contributed by atoms with E-state index < -0.39 is 0 Å². The summed E-state index contributed by atoms with van der Waals surface area (Å²) in [6, 6.07) is 8.39. The molecule has 0 N–H and O–H groups in total. The van der Waals surface area contributed by atoms with Crippen molar-refractivity contribution in [2.75, 3.05) is 6.54 Å². The van der Waals surface area contributed by atoms with Crippen LogP contribution in [0.1, 0.15) is 12.0 Å². The largest absolute Gasteiger partial charge is 1.00 e. The summed E-state index contributed by atoms with van der Waals surface area (Å²) in [7, 11) is 0. The van der Waals surface area contributed by atoms with Crippen LogP contribution in [0.25, 0.3) is 5.32 Å². The summed E-state index contributed by atoms with van der Waals surface area (Å²) in [4.78, 5) is 0. The van der Waals surface area contributed by atoms with Crippen LogP contribution in [0, 0.1) is 0 Å². The molecule has 11 heavy (non-hydrogen) atoms. The van der Waals surface area contributed by atoms with E-state index in [0.717, 1.165) is 6.54 Å². The Bertz CT molecular complexity index is 210. The third kappa shape index (κ3) is 1.80. The van der Waals surface area contributed by atoms with Crippen LogP contribution in [0.15, 0.2) is 24.3 Å². The summed E-state index contributed by atoms with van der Waals surface area (Å²) >= 11 is 0. The summed E-state index contributed by atoms with van der Waals surface area (Å²) in [5.74, 6) is 0. The van der Waals surface area contributed by atoms with E-state index in [0.29, 0.717) is 0 Å². The van der Waals surface area contributed by atoms with Gasteiger partial charge in [-0.2, -0.15) is 0 Å². The standard InChI is InChI=1S/C9H10N.Li/c1-2-6-9-8(4-1)5-3-7-10-9;/h1-2,4,6H,3,5,7H2;/q-1;+1. The molecule has 0 aromatic heterocycles. The fraction of sp³-hybridized carbons (Fsp3) is 0.333. The van der Waals surface area contributed by atoms with E-state index in [9.17, 15) is 0 Å². The van der Waals surface area contributed by atoms with Crippen molar-refractivity contribution in [3.63, 3.8) is 0 Å². The summed E-state index contributed by atoms with van der Waals surface area (Å²) in [6.45, 7) is 1.01. The monoisotopic (exact) mass is 139 g/mol. The smallest absolute Gasteiger partial charge is 0.684 e. The maximum atomic E-state index is 4.39. The predicted octanol–water partition coefficient (Wildman–Crippen LogP) is -0.358. The number of para-hydroxylation sites is 1. The van der Waals surface area contributed by atoms with Gasteiger partial charge in [-0.25, -0.2) is 0 Å². The molecule has 1 heterocycles. The number of rotatable bonds is 0. The molecule has 0 amide bonds. The number of aryl methyl sites for hydroxylation is 1. The number of fused-ring (bicyclic) bond motifs is 1. The zero-order valence-corrected chi connectivity index (χ0v) is 6.88. The molecule has 52 valence electrons. The second-order valence-corrected chi connectivity index (χ2v) is 2.61. The van der Waals surface area contributed by atoms with Gasteiger partial charge in [-0.05, 0) is 6.42 Å². The Morgan fingerprint density at radius 1 is 1.18 bits per heavy atom.